The van der Waals surface area contributed by atoms with E-state index in [-0.39, 0.29) is 9.92 Å². The summed E-state index contributed by atoms with van der Waals surface area (Å²) in [6, 6.07) is 12.9. The lowest BCUT2D eigenvalue weighted by atomic mass is 10.2. The molecule has 11 heteroatoms. The van der Waals surface area contributed by atoms with Crippen molar-refractivity contribution in [3.05, 3.63) is 53.6 Å². The van der Waals surface area contributed by atoms with Crippen molar-refractivity contribution < 1.29 is 13.2 Å². The molecule has 0 saturated carbocycles. The minimum Gasteiger partial charge on any atom is -0.477 e. The second-order valence-corrected chi connectivity index (χ2v) is 9.56. The van der Waals surface area contributed by atoms with E-state index in [2.05, 4.69) is 24.9 Å². The number of fused-ring (bicyclic) bond motifs is 1. The van der Waals surface area contributed by atoms with Gasteiger partial charge in [0.1, 0.15) is 16.1 Å². The molecule has 0 bridgehead atoms. The van der Waals surface area contributed by atoms with Crippen LogP contribution in [0.1, 0.15) is 13.8 Å². The number of H-pyrrole nitrogens is 1. The van der Waals surface area contributed by atoms with Gasteiger partial charge in [-0.2, -0.15) is 10.1 Å². The number of rotatable bonds is 7. The van der Waals surface area contributed by atoms with Gasteiger partial charge in [0.2, 0.25) is 5.88 Å². The number of benzene rings is 2. The van der Waals surface area contributed by atoms with Gasteiger partial charge >= 0.3 is 0 Å². The minimum absolute atomic E-state index is 0.00240. The Morgan fingerprint density at radius 2 is 1.84 bits per heavy atom. The van der Waals surface area contributed by atoms with Gasteiger partial charge in [-0.1, -0.05) is 37.6 Å². The van der Waals surface area contributed by atoms with E-state index in [0.717, 1.165) is 0 Å². The third-order valence-electron chi connectivity index (χ3n) is 4.48. The van der Waals surface area contributed by atoms with Crippen LogP contribution in [0.25, 0.3) is 22.4 Å². The van der Waals surface area contributed by atoms with E-state index in [9.17, 15) is 8.42 Å². The maximum atomic E-state index is 12.6. The lowest BCUT2D eigenvalue weighted by molar-refractivity contribution is 0.265. The maximum Gasteiger partial charge on any atom is 0.263 e. The fraction of sp³-hybridized carbons (Fsp3) is 0.190. The number of anilines is 2. The molecule has 9 nitrogen and oxygen atoms in total. The quantitative estimate of drug-likeness (QED) is 0.368. The van der Waals surface area contributed by atoms with Gasteiger partial charge in [0.05, 0.1) is 11.6 Å². The van der Waals surface area contributed by atoms with Crippen LogP contribution in [0.15, 0.2) is 53.4 Å². The molecule has 2 heterocycles. The molecule has 4 N–H and O–H groups in total. The molecule has 0 aliphatic heterocycles. The van der Waals surface area contributed by atoms with Crippen LogP contribution in [0.4, 0.5) is 11.5 Å². The van der Waals surface area contributed by atoms with E-state index >= 15 is 0 Å². The van der Waals surface area contributed by atoms with Crippen LogP contribution in [0, 0.1) is 5.92 Å². The lowest BCUT2D eigenvalue weighted by Crippen LogP contribution is -2.13. The number of aromatic amines is 1. The summed E-state index contributed by atoms with van der Waals surface area (Å²) in [6.45, 7) is 4.51. The minimum atomic E-state index is -3.83. The highest BCUT2D eigenvalue weighted by Crippen LogP contribution is 2.30. The van der Waals surface area contributed by atoms with E-state index in [1.54, 1.807) is 36.4 Å². The van der Waals surface area contributed by atoms with Crippen molar-refractivity contribution in [2.75, 3.05) is 17.1 Å². The van der Waals surface area contributed by atoms with Crippen molar-refractivity contribution in [1.82, 2.24) is 20.2 Å². The number of nitrogen functional groups attached to an aromatic ring is 1. The molecule has 2 aromatic heterocycles. The Labute approximate surface area is 190 Å². The van der Waals surface area contributed by atoms with Gasteiger partial charge in [-0.25, -0.2) is 13.4 Å². The van der Waals surface area contributed by atoms with Crippen molar-refractivity contribution in [3.63, 3.8) is 0 Å². The first-order valence-corrected chi connectivity index (χ1v) is 11.6. The molecule has 0 fully saturated rings. The Kier molecular flexibility index (Phi) is 5.90. The normalized spacial score (nSPS) is 11.8. The van der Waals surface area contributed by atoms with E-state index in [1.165, 1.54) is 12.1 Å². The molecule has 0 radical (unpaired) electrons. The van der Waals surface area contributed by atoms with Crippen LogP contribution in [0.3, 0.4) is 0 Å². The summed E-state index contributed by atoms with van der Waals surface area (Å²) in [5.74, 6) is 1.34. The van der Waals surface area contributed by atoms with Crippen molar-refractivity contribution in [2.45, 2.75) is 18.7 Å². The third-order valence-corrected chi connectivity index (χ3v) is 6.36. The van der Waals surface area contributed by atoms with Crippen LogP contribution >= 0.6 is 11.6 Å². The number of ether oxygens (including phenoxy) is 1. The van der Waals surface area contributed by atoms with E-state index in [4.69, 9.17) is 22.1 Å². The molecular formula is C21H21ClN6O3S. The Morgan fingerprint density at radius 3 is 2.53 bits per heavy atom. The number of nitrogens with two attached hydrogens (primary N) is 1. The highest BCUT2D eigenvalue weighted by atomic mass is 35.5. The number of nitrogens with one attached hydrogen (secondary N) is 2. The number of hydrogen-bond donors (Lipinski definition) is 3. The summed E-state index contributed by atoms with van der Waals surface area (Å²) in [6.07, 6.45) is 0. The number of nitrogens with zero attached hydrogens (tertiary/aromatic N) is 3. The molecule has 0 spiro atoms. The van der Waals surface area contributed by atoms with Gasteiger partial charge in [-0.15, -0.1) is 0 Å². The van der Waals surface area contributed by atoms with Gasteiger partial charge in [-0.05, 0) is 42.3 Å². The van der Waals surface area contributed by atoms with Crippen LogP contribution in [-0.4, -0.2) is 35.2 Å². The Morgan fingerprint density at radius 1 is 1.12 bits per heavy atom. The van der Waals surface area contributed by atoms with Crippen LogP contribution in [0.2, 0.25) is 5.02 Å². The average molecular weight is 473 g/mol. The Bertz CT molecular complexity index is 1370. The average Bonchev–Trinajstić information content (AvgIpc) is 3.13. The first-order valence-electron chi connectivity index (χ1n) is 9.77. The topological polar surface area (TPSA) is 136 Å². The zero-order valence-electron chi connectivity index (χ0n) is 17.3. The molecule has 0 unspecified atom stereocenters. The Balaban J connectivity index is 1.63. The first-order chi connectivity index (χ1) is 15.2. The molecule has 2 aromatic carbocycles. The van der Waals surface area contributed by atoms with Crippen molar-refractivity contribution in [1.29, 1.82) is 0 Å². The second-order valence-electron chi connectivity index (χ2n) is 7.51. The second kappa shape index (κ2) is 8.64. The van der Waals surface area contributed by atoms with E-state index < -0.39 is 10.0 Å². The molecule has 0 aliphatic rings. The zero-order chi connectivity index (χ0) is 22.9. The molecule has 4 aromatic rings. The predicted molar refractivity (Wildman–Crippen MR) is 124 cm³/mol. The highest BCUT2D eigenvalue weighted by molar-refractivity contribution is 7.92. The van der Waals surface area contributed by atoms with Gasteiger partial charge < -0.3 is 10.5 Å². The van der Waals surface area contributed by atoms with Gasteiger partial charge in [-0.3, -0.25) is 9.82 Å². The zero-order valence-corrected chi connectivity index (χ0v) is 18.9. The summed E-state index contributed by atoms with van der Waals surface area (Å²) < 4.78 is 33.6. The number of aromatic nitrogens is 4. The van der Waals surface area contributed by atoms with Crippen molar-refractivity contribution >= 4 is 44.2 Å². The number of halogens is 1. The Hall–Kier alpha value is -3.37. The van der Waals surface area contributed by atoms with Gasteiger partial charge in [0.15, 0.2) is 11.5 Å². The number of hydrogen-bond acceptors (Lipinski definition) is 7. The summed E-state index contributed by atoms with van der Waals surface area (Å²) >= 11 is 6.02. The lowest BCUT2D eigenvalue weighted by Gasteiger charge is -2.11. The third kappa shape index (κ3) is 4.46. The molecule has 32 heavy (non-hydrogen) atoms. The molecule has 0 saturated heterocycles. The van der Waals surface area contributed by atoms with Crippen LogP contribution in [0.5, 0.6) is 5.88 Å². The number of sulfonamides is 1. The molecule has 4 rings (SSSR count). The van der Waals surface area contributed by atoms with Gasteiger partial charge in [0.25, 0.3) is 10.0 Å². The fourth-order valence-corrected chi connectivity index (χ4v) is 4.53. The largest absolute Gasteiger partial charge is 0.477 e. The smallest absolute Gasteiger partial charge is 0.263 e. The summed E-state index contributed by atoms with van der Waals surface area (Å²) in [5.41, 5.74) is 7.37. The van der Waals surface area contributed by atoms with Crippen LogP contribution in [-0.2, 0) is 10.0 Å². The van der Waals surface area contributed by atoms with E-state index in [0.29, 0.717) is 52.3 Å². The van der Waals surface area contributed by atoms with Crippen LogP contribution < -0.4 is 15.2 Å². The standard InChI is InChI=1S/C21H21ClN6O3S/c1-12(2)11-31-21-17-18(23)26-27-20(17)24-19(25-21)13-7-9-14(10-8-13)28-32(29,30)16-6-4-3-5-15(16)22/h3-10,12,28H,11H2,1-2H3,(H3,23,24,25,26,27). The summed E-state index contributed by atoms with van der Waals surface area (Å²) in [4.78, 5) is 8.96. The molecular weight excluding hydrogens is 452 g/mol. The highest BCUT2D eigenvalue weighted by Gasteiger charge is 2.19. The first kappa shape index (κ1) is 21.8. The molecule has 0 atom stereocenters. The SMILES string of the molecule is CC(C)COc1nc(-c2ccc(NS(=O)(=O)c3ccccc3Cl)cc2)nc2n[nH]c(N)c12. The molecule has 0 amide bonds. The van der Waals surface area contributed by atoms with Crippen molar-refractivity contribution in [2.24, 2.45) is 5.92 Å². The monoisotopic (exact) mass is 472 g/mol. The van der Waals surface area contributed by atoms with Crippen molar-refractivity contribution in [3.8, 4) is 17.3 Å². The fourth-order valence-electron chi connectivity index (χ4n) is 2.95. The maximum absolute atomic E-state index is 12.6. The predicted octanol–water partition coefficient (Wildman–Crippen LogP) is 4.09. The molecule has 166 valence electrons. The summed E-state index contributed by atoms with van der Waals surface area (Å²) in [7, 11) is -3.83. The van der Waals surface area contributed by atoms with E-state index in [1.807, 2.05) is 13.8 Å². The summed E-state index contributed by atoms with van der Waals surface area (Å²) in [5, 5.41) is 7.48. The molecule has 0 aliphatic carbocycles. The van der Waals surface area contributed by atoms with Gasteiger partial charge in [0, 0.05) is 11.3 Å².